The third-order valence-corrected chi connectivity index (χ3v) is 1.76. The van der Waals surface area contributed by atoms with Crippen molar-refractivity contribution >= 4 is 15.9 Å². The van der Waals surface area contributed by atoms with Crippen LogP contribution in [-0.2, 0) is 11.9 Å². The average Bonchev–Trinajstić information content (AvgIpc) is 2.33. The molecule has 0 fully saturated rings. The predicted molar refractivity (Wildman–Crippen MR) is 40.5 cm³/mol. The van der Waals surface area contributed by atoms with E-state index in [-0.39, 0.29) is 0 Å². The molecule has 0 radical (unpaired) electrons. The minimum absolute atomic E-state index is 0.841. The molecule has 0 bridgehead atoms. The van der Waals surface area contributed by atoms with E-state index in [9.17, 15) is 0 Å². The molecule has 0 aromatic carbocycles. The highest BCUT2D eigenvalue weighted by molar-refractivity contribution is 9.08. The van der Waals surface area contributed by atoms with E-state index in [0.717, 1.165) is 17.7 Å². The first-order chi connectivity index (χ1) is 4.38. The van der Waals surface area contributed by atoms with Crippen LogP contribution in [0.25, 0.3) is 0 Å². The maximum absolute atomic E-state index is 4.12. The number of imidazole rings is 1. The molecule has 1 aromatic heterocycles. The Kier molecular flexibility index (Phi) is 2.28. The van der Waals surface area contributed by atoms with E-state index in [1.54, 1.807) is 0 Å². The molecule has 1 heterocycles. The van der Waals surface area contributed by atoms with Gasteiger partial charge in [-0.15, -0.1) is 0 Å². The summed E-state index contributed by atoms with van der Waals surface area (Å²) in [7, 11) is 0. The lowest BCUT2D eigenvalue weighted by Gasteiger charge is -1.98. The number of rotatable bonds is 2. The maximum Gasteiger partial charge on any atom is 0.119 e. The fourth-order valence-electron chi connectivity index (χ4n) is 0.759. The Morgan fingerprint density at radius 3 is 3.00 bits per heavy atom. The molecule has 0 N–H and O–H groups in total. The molecule has 0 spiro atoms. The van der Waals surface area contributed by atoms with Crippen LogP contribution in [0.3, 0.4) is 0 Å². The van der Waals surface area contributed by atoms with Crippen molar-refractivity contribution in [2.75, 3.05) is 0 Å². The summed E-state index contributed by atoms with van der Waals surface area (Å²) in [6, 6.07) is 0. The monoisotopic (exact) mass is 188 g/mol. The van der Waals surface area contributed by atoms with Crippen LogP contribution in [0, 0.1) is 0 Å². The van der Waals surface area contributed by atoms with Crippen molar-refractivity contribution in [1.29, 1.82) is 0 Å². The zero-order valence-electron chi connectivity index (χ0n) is 5.34. The summed E-state index contributed by atoms with van der Waals surface area (Å²) in [6.45, 7) is 3.11. The van der Waals surface area contributed by atoms with Crippen LogP contribution < -0.4 is 0 Å². The fraction of sp³-hybridized carbons (Fsp3) is 0.500. The second-order valence-electron chi connectivity index (χ2n) is 1.76. The quantitative estimate of drug-likeness (QED) is 0.648. The summed E-state index contributed by atoms with van der Waals surface area (Å²) in [4.78, 5) is 4.12. The summed E-state index contributed by atoms with van der Waals surface area (Å²) in [5, 5.41) is 0.841. The Bertz CT molecular complexity index is 164. The molecular weight excluding hydrogens is 180 g/mol. The lowest BCUT2D eigenvalue weighted by Crippen LogP contribution is -1.96. The molecule has 0 amide bonds. The van der Waals surface area contributed by atoms with Crippen LogP contribution in [0.4, 0.5) is 0 Å². The highest BCUT2D eigenvalue weighted by atomic mass is 79.9. The Balaban J connectivity index is 2.85. The number of nitrogens with zero attached hydrogens (tertiary/aromatic N) is 2. The van der Waals surface area contributed by atoms with Crippen LogP contribution in [0.2, 0.25) is 0 Å². The van der Waals surface area contributed by atoms with E-state index >= 15 is 0 Å². The zero-order valence-corrected chi connectivity index (χ0v) is 6.93. The van der Waals surface area contributed by atoms with Crippen molar-refractivity contribution in [3.8, 4) is 0 Å². The van der Waals surface area contributed by atoms with Gasteiger partial charge in [0.05, 0.1) is 5.33 Å². The molecule has 0 atom stereocenters. The first-order valence-electron chi connectivity index (χ1n) is 2.94. The van der Waals surface area contributed by atoms with Crippen molar-refractivity contribution < 1.29 is 0 Å². The minimum atomic E-state index is 0.841. The molecule has 3 heteroatoms. The number of aromatic nitrogens is 2. The van der Waals surface area contributed by atoms with Crippen LogP contribution in [0.15, 0.2) is 12.4 Å². The van der Waals surface area contributed by atoms with Crippen molar-refractivity contribution in [3.63, 3.8) is 0 Å². The van der Waals surface area contributed by atoms with Gasteiger partial charge in [-0.1, -0.05) is 15.9 Å². The lowest BCUT2D eigenvalue weighted by atomic mass is 10.6. The van der Waals surface area contributed by atoms with Gasteiger partial charge in [-0.05, 0) is 6.92 Å². The summed E-state index contributed by atoms with van der Waals surface area (Å²) in [6.07, 6.45) is 3.80. The predicted octanol–water partition coefficient (Wildman–Crippen LogP) is 1.80. The number of aryl methyl sites for hydroxylation is 1. The molecule has 0 aliphatic carbocycles. The Morgan fingerprint density at radius 1 is 1.78 bits per heavy atom. The summed E-state index contributed by atoms with van der Waals surface area (Å²) in [5.41, 5.74) is 0. The zero-order chi connectivity index (χ0) is 6.69. The van der Waals surface area contributed by atoms with Crippen molar-refractivity contribution in [3.05, 3.63) is 18.2 Å². The number of halogens is 1. The molecule has 0 saturated heterocycles. The second kappa shape index (κ2) is 3.01. The number of hydrogen-bond acceptors (Lipinski definition) is 1. The van der Waals surface area contributed by atoms with Gasteiger partial charge in [0.1, 0.15) is 5.82 Å². The highest BCUT2D eigenvalue weighted by Crippen LogP contribution is 2.01. The minimum Gasteiger partial charge on any atom is -0.335 e. The largest absolute Gasteiger partial charge is 0.335 e. The topological polar surface area (TPSA) is 17.8 Å². The molecule has 9 heavy (non-hydrogen) atoms. The van der Waals surface area contributed by atoms with Crippen molar-refractivity contribution in [1.82, 2.24) is 9.55 Å². The number of hydrogen-bond donors (Lipinski definition) is 0. The summed E-state index contributed by atoms with van der Waals surface area (Å²) >= 11 is 3.34. The van der Waals surface area contributed by atoms with Crippen LogP contribution in [0.1, 0.15) is 12.7 Å². The first kappa shape index (κ1) is 6.81. The van der Waals surface area contributed by atoms with E-state index in [2.05, 4.69) is 32.4 Å². The normalized spacial score (nSPS) is 10.0. The number of alkyl halides is 1. The Morgan fingerprint density at radius 2 is 2.56 bits per heavy atom. The van der Waals surface area contributed by atoms with Gasteiger partial charge in [-0.3, -0.25) is 0 Å². The van der Waals surface area contributed by atoms with E-state index < -0.39 is 0 Å². The summed E-state index contributed by atoms with van der Waals surface area (Å²) in [5.74, 6) is 1.09. The van der Waals surface area contributed by atoms with Gasteiger partial charge in [0.15, 0.2) is 0 Å². The molecule has 1 rings (SSSR count). The van der Waals surface area contributed by atoms with Gasteiger partial charge in [0.2, 0.25) is 0 Å². The maximum atomic E-state index is 4.12. The SMILES string of the molecule is CCn1ccnc1CBr. The van der Waals surface area contributed by atoms with Gasteiger partial charge >= 0.3 is 0 Å². The molecular formula is C6H9BrN2. The smallest absolute Gasteiger partial charge is 0.119 e. The van der Waals surface area contributed by atoms with E-state index in [0.29, 0.717) is 0 Å². The molecule has 50 valence electrons. The molecule has 0 saturated carbocycles. The van der Waals surface area contributed by atoms with Crippen LogP contribution in [0.5, 0.6) is 0 Å². The van der Waals surface area contributed by atoms with Gasteiger partial charge in [-0.25, -0.2) is 4.98 Å². The third-order valence-electron chi connectivity index (χ3n) is 1.26. The molecule has 0 unspecified atom stereocenters. The molecule has 0 aliphatic rings. The Hall–Kier alpha value is -0.310. The molecule has 0 aliphatic heterocycles. The molecule has 2 nitrogen and oxygen atoms in total. The highest BCUT2D eigenvalue weighted by Gasteiger charge is 1.95. The fourth-order valence-corrected chi connectivity index (χ4v) is 1.23. The van der Waals surface area contributed by atoms with Gasteiger partial charge < -0.3 is 4.57 Å². The second-order valence-corrected chi connectivity index (χ2v) is 2.32. The van der Waals surface area contributed by atoms with Gasteiger partial charge in [0.25, 0.3) is 0 Å². The standard InChI is InChI=1S/C6H9BrN2/c1-2-9-4-3-8-6(9)5-7/h3-4H,2,5H2,1H3. The summed E-state index contributed by atoms with van der Waals surface area (Å²) < 4.78 is 2.11. The van der Waals surface area contributed by atoms with Crippen molar-refractivity contribution in [2.45, 2.75) is 18.8 Å². The lowest BCUT2D eigenvalue weighted by molar-refractivity contribution is 0.727. The van der Waals surface area contributed by atoms with Crippen LogP contribution >= 0.6 is 15.9 Å². The van der Waals surface area contributed by atoms with E-state index in [1.807, 2.05) is 12.4 Å². The average molecular weight is 189 g/mol. The third kappa shape index (κ3) is 1.33. The van der Waals surface area contributed by atoms with E-state index in [1.165, 1.54) is 0 Å². The van der Waals surface area contributed by atoms with E-state index in [4.69, 9.17) is 0 Å². The van der Waals surface area contributed by atoms with Gasteiger partial charge in [0, 0.05) is 18.9 Å². The van der Waals surface area contributed by atoms with Crippen molar-refractivity contribution in [2.24, 2.45) is 0 Å². The molecule has 1 aromatic rings. The Labute approximate surface area is 63.0 Å². The van der Waals surface area contributed by atoms with Gasteiger partial charge in [-0.2, -0.15) is 0 Å². The van der Waals surface area contributed by atoms with Crippen LogP contribution in [-0.4, -0.2) is 9.55 Å². The first-order valence-corrected chi connectivity index (χ1v) is 4.06.